The number of hydrogen-bond donors (Lipinski definition) is 1. The van der Waals surface area contributed by atoms with Crippen molar-refractivity contribution in [3.63, 3.8) is 0 Å². The highest BCUT2D eigenvalue weighted by Crippen LogP contribution is 2.40. The molecule has 0 saturated heterocycles. The summed E-state index contributed by atoms with van der Waals surface area (Å²) in [5, 5.41) is 5.95. The zero-order valence-electron chi connectivity index (χ0n) is 8.74. The first-order valence-corrected chi connectivity index (χ1v) is 6.80. The van der Waals surface area contributed by atoms with E-state index in [0.717, 1.165) is 22.1 Å². The van der Waals surface area contributed by atoms with Gasteiger partial charge in [0.15, 0.2) is 5.75 Å². The van der Waals surface area contributed by atoms with Gasteiger partial charge in [-0.25, -0.2) is 0 Å². The molecule has 1 unspecified atom stereocenters. The predicted molar refractivity (Wildman–Crippen MR) is 72.6 cm³/mol. The second kappa shape index (κ2) is 4.41. The molecule has 1 aliphatic heterocycles. The van der Waals surface area contributed by atoms with E-state index < -0.39 is 0 Å². The fourth-order valence-corrected chi connectivity index (χ4v) is 2.98. The number of fused-ring (bicyclic) bond motifs is 1. The van der Waals surface area contributed by atoms with Gasteiger partial charge in [0.1, 0.15) is 6.10 Å². The predicted octanol–water partition coefficient (Wildman–Crippen LogP) is 4.60. The average molecular weight is 286 g/mol. The maximum Gasteiger partial charge on any atom is 0.162 e. The molecule has 1 aromatic carbocycles. The van der Waals surface area contributed by atoms with E-state index in [4.69, 9.17) is 27.9 Å². The Hall–Kier alpha value is -0.900. The highest BCUT2D eigenvalue weighted by atomic mass is 35.5. The SMILES string of the molecule is Clc1cc(C2CNc3cccc(Cl)c3O2)cs1. The number of benzene rings is 1. The van der Waals surface area contributed by atoms with Crippen LogP contribution in [-0.2, 0) is 0 Å². The molecule has 0 fully saturated rings. The summed E-state index contributed by atoms with van der Waals surface area (Å²) >= 11 is 13.5. The van der Waals surface area contributed by atoms with Gasteiger partial charge in [0.2, 0.25) is 0 Å². The van der Waals surface area contributed by atoms with Crippen LogP contribution in [-0.4, -0.2) is 6.54 Å². The van der Waals surface area contributed by atoms with Gasteiger partial charge >= 0.3 is 0 Å². The maximum atomic E-state index is 6.11. The molecule has 2 heterocycles. The molecule has 17 heavy (non-hydrogen) atoms. The number of anilines is 1. The summed E-state index contributed by atoms with van der Waals surface area (Å²) in [6.07, 6.45) is -0.0360. The molecule has 2 aromatic rings. The van der Waals surface area contributed by atoms with Crippen LogP contribution in [0.4, 0.5) is 5.69 Å². The summed E-state index contributed by atoms with van der Waals surface area (Å²) < 4.78 is 6.69. The number of ether oxygens (including phenoxy) is 1. The fraction of sp³-hybridized carbons (Fsp3) is 0.167. The van der Waals surface area contributed by atoms with Crippen LogP contribution in [0.5, 0.6) is 5.75 Å². The Morgan fingerprint density at radius 3 is 3.00 bits per heavy atom. The Kier molecular flexibility index (Phi) is 2.90. The number of halogens is 2. The van der Waals surface area contributed by atoms with Crippen LogP contribution in [0.3, 0.4) is 0 Å². The normalized spacial score (nSPS) is 18.1. The standard InChI is InChI=1S/C12H9Cl2NOS/c13-8-2-1-3-9-12(8)16-10(5-15-9)7-4-11(14)17-6-7/h1-4,6,10,15H,5H2. The Morgan fingerprint density at radius 1 is 1.35 bits per heavy atom. The van der Waals surface area contributed by atoms with Crippen LogP contribution in [0.15, 0.2) is 29.6 Å². The van der Waals surface area contributed by atoms with Gasteiger partial charge in [0.25, 0.3) is 0 Å². The van der Waals surface area contributed by atoms with Gasteiger partial charge in [-0.3, -0.25) is 0 Å². The molecule has 1 aromatic heterocycles. The van der Waals surface area contributed by atoms with Gasteiger partial charge in [0, 0.05) is 5.56 Å². The molecular formula is C12H9Cl2NOS. The van der Waals surface area contributed by atoms with E-state index in [-0.39, 0.29) is 6.10 Å². The van der Waals surface area contributed by atoms with Gasteiger partial charge in [-0.2, -0.15) is 0 Å². The first-order valence-electron chi connectivity index (χ1n) is 5.17. The largest absolute Gasteiger partial charge is 0.480 e. The van der Waals surface area contributed by atoms with Gasteiger partial charge in [-0.1, -0.05) is 29.3 Å². The topological polar surface area (TPSA) is 21.3 Å². The molecule has 1 atom stereocenters. The summed E-state index contributed by atoms with van der Waals surface area (Å²) in [6, 6.07) is 7.61. The van der Waals surface area contributed by atoms with Crippen LogP contribution in [0.2, 0.25) is 9.36 Å². The van der Waals surface area contributed by atoms with E-state index in [1.165, 1.54) is 11.3 Å². The average Bonchev–Trinajstić information content (AvgIpc) is 2.76. The van der Waals surface area contributed by atoms with Crippen molar-refractivity contribution in [2.24, 2.45) is 0 Å². The molecule has 0 spiro atoms. The minimum Gasteiger partial charge on any atom is -0.480 e. The summed E-state index contributed by atoms with van der Waals surface area (Å²) in [5.74, 6) is 0.715. The zero-order chi connectivity index (χ0) is 11.8. The van der Waals surface area contributed by atoms with Gasteiger partial charge in [-0.05, 0) is 23.6 Å². The van der Waals surface area contributed by atoms with Crippen LogP contribution in [0.25, 0.3) is 0 Å². The molecule has 0 bridgehead atoms. The van der Waals surface area contributed by atoms with E-state index in [2.05, 4.69) is 5.32 Å². The number of hydrogen-bond acceptors (Lipinski definition) is 3. The van der Waals surface area contributed by atoms with Crippen molar-refractivity contribution in [3.05, 3.63) is 44.6 Å². The van der Waals surface area contributed by atoms with E-state index in [9.17, 15) is 0 Å². The third kappa shape index (κ3) is 2.10. The molecule has 3 rings (SSSR count). The quantitative estimate of drug-likeness (QED) is 0.827. The van der Waals surface area contributed by atoms with Crippen LogP contribution < -0.4 is 10.1 Å². The Labute approximate surface area is 113 Å². The summed E-state index contributed by atoms with van der Waals surface area (Å²) in [7, 11) is 0. The van der Waals surface area contributed by atoms with Crippen molar-refractivity contribution in [2.75, 3.05) is 11.9 Å². The van der Waals surface area contributed by atoms with E-state index in [1.807, 2.05) is 29.6 Å². The van der Waals surface area contributed by atoms with E-state index in [0.29, 0.717) is 10.8 Å². The number of para-hydroxylation sites is 1. The highest BCUT2D eigenvalue weighted by Gasteiger charge is 2.23. The first kappa shape index (κ1) is 11.2. The molecule has 0 amide bonds. The Morgan fingerprint density at radius 2 is 2.24 bits per heavy atom. The van der Waals surface area contributed by atoms with Crippen molar-refractivity contribution in [1.29, 1.82) is 0 Å². The molecule has 1 N–H and O–H groups in total. The summed E-state index contributed by atoms with van der Waals surface area (Å²) in [5.41, 5.74) is 2.02. The number of thiophene rings is 1. The van der Waals surface area contributed by atoms with Crippen molar-refractivity contribution in [1.82, 2.24) is 0 Å². The molecule has 0 aliphatic carbocycles. The molecule has 1 aliphatic rings. The van der Waals surface area contributed by atoms with Crippen molar-refractivity contribution >= 4 is 40.2 Å². The van der Waals surface area contributed by atoms with Crippen molar-refractivity contribution < 1.29 is 4.74 Å². The lowest BCUT2D eigenvalue weighted by Crippen LogP contribution is -2.23. The Bertz CT molecular complexity index is 555. The number of rotatable bonds is 1. The van der Waals surface area contributed by atoms with Gasteiger partial charge in [0.05, 0.1) is 21.6 Å². The van der Waals surface area contributed by atoms with Crippen LogP contribution >= 0.6 is 34.5 Å². The van der Waals surface area contributed by atoms with Crippen LogP contribution in [0.1, 0.15) is 11.7 Å². The van der Waals surface area contributed by atoms with Crippen molar-refractivity contribution in [2.45, 2.75) is 6.10 Å². The molecule has 5 heteroatoms. The maximum absolute atomic E-state index is 6.11. The lowest BCUT2D eigenvalue weighted by molar-refractivity contribution is 0.211. The zero-order valence-corrected chi connectivity index (χ0v) is 11.1. The second-order valence-corrected chi connectivity index (χ2v) is 5.74. The summed E-state index contributed by atoms with van der Waals surface area (Å²) in [4.78, 5) is 0. The third-order valence-electron chi connectivity index (χ3n) is 2.66. The molecule has 0 radical (unpaired) electrons. The lowest BCUT2D eigenvalue weighted by Gasteiger charge is -2.27. The molecule has 88 valence electrons. The van der Waals surface area contributed by atoms with Crippen LogP contribution in [0, 0.1) is 0 Å². The fourth-order valence-electron chi connectivity index (χ4n) is 1.83. The second-order valence-electron chi connectivity index (χ2n) is 3.79. The molecule has 0 saturated carbocycles. The van der Waals surface area contributed by atoms with Gasteiger partial charge < -0.3 is 10.1 Å². The third-order valence-corrected chi connectivity index (χ3v) is 4.07. The monoisotopic (exact) mass is 285 g/mol. The van der Waals surface area contributed by atoms with Crippen molar-refractivity contribution in [3.8, 4) is 5.75 Å². The smallest absolute Gasteiger partial charge is 0.162 e. The van der Waals surface area contributed by atoms with Gasteiger partial charge in [-0.15, -0.1) is 11.3 Å². The highest BCUT2D eigenvalue weighted by molar-refractivity contribution is 7.14. The minimum atomic E-state index is -0.0360. The summed E-state index contributed by atoms with van der Waals surface area (Å²) in [6.45, 7) is 0.723. The number of nitrogens with one attached hydrogen (secondary N) is 1. The molecular weight excluding hydrogens is 277 g/mol. The van der Waals surface area contributed by atoms with E-state index >= 15 is 0 Å². The lowest BCUT2D eigenvalue weighted by atomic mass is 10.1. The Balaban J connectivity index is 1.92. The molecule has 2 nitrogen and oxygen atoms in total. The first-order chi connectivity index (χ1) is 8.24. The minimum absolute atomic E-state index is 0.0360. The van der Waals surface area contributed by atoms with E-state index in [1.54, 1.807) is 0 Å².